The summed E-state index contributed by atoms with van der Waals surface area (Å²) in [4.78, 5) is 11.0. The number of nitrogens with two attached hydrogens (primary N) is 1. The lowest BCUT2D eigenvalue weighted by molar-refractivity contribution is -0.137. The summed E-state index contributed by atoms with van der Waals surface area (Å²) in [6.45, 7) is 0.369. The standard InChI is InChI=1S/C11H11F3N2O/c12-11(13,14)8-1-2-9-6(4-8)3-7(5-16-9)10(15)17/h1-2,4,7,16H,3,5H2,(H2,15,17). The number of anilines is 1. The van der Waals surface area contributed by atoms with E-state index in [1.54, 1.807) is 0 Å². The second-order valence-corrected chi connectivity index (χ2v) is 4.05. The summed E-state index contributed by atoms with van der Waals surface area (Å²) in [5.41, 5.74) is 5.56. The molecule has 0 spiro atoms. The Labute approximate surface area is 95.8 Å². The Hall–Kier alpha value is -1.72. The lowest BCUT2D eigenvalue weighted by Gasteiger charge is -2.24. The number of amides is 1. The van der Waals surface area contributed by atoms with E-state index in [4.69, 9.17) is 5.73 Å². The van der Waals surface area contributed by atoms with Gasteiger partial charge in [-0.3, -0.25) is 4.79 Å². The van der Waals surface area contributed by atoms with Crippen LogP contribution in [0.25, 0.3) is 0 Å². The van der Waals surface area contributed by atoms with Crippen molar-refractivity contribution < 1.29 is 18.0 Å². The third-order valence-corrected chi connectivity index (χ3v) is 2.84. The van der Waals surface area contributed by atoms with Crippen molar-refractivity contribution in [2.45, 2.75) is 12.6 Å². The molecule has 0 fully saturated rings. The van der Waals surface area contributed by atoms with Crippen LogP contribution in [0.3, 0.4) is 0 Å². The van der Waals surface area contributed by atoms with E-state index < -0.39 is 23.6 Å². The van der Waals surface area contributed by atoms with E-state index in [1.807, 2.05) is 0 Å². The average molecular weight is 244 g/mol. The predicted molar refractivity (Wildman–Crippen MR) is 56.3 cm³/mol. The van der Waals surface area contributed by atoms with Gasteiger partial charge in [-0.05, 0) is 30.2 Å². The highest BCUT2D eigenvalue weighted by atomic mass is 19.4. The van der Waals surface area contributed by atoms with Crippen molar-refractivity contribution in [1.29, 1.82) is 0 Å². The minimum absolute atomic E-state index is 0.252. The minimum atomic E-state index is -4.37. The van der Waals surface area contributed by atoms with Crippen molar-refractivity contribution >= 4 is 11.6 Å². The average Bonchev–Trinajstić information content (AvgIpc) is 2.26. The summed E-state index contributed by atoms with van der Waals surface area (Å²) in [5, 5.41) is 2.90. The van der Waals surface area contributed by atoms with Crippen LogP contribution in [0.2, 0.25) is 0 Å². The summed E-state index contributed by atoms with van der Waals surface area (Å²) in [6.07, 6.45) is -4.11. The van der Waals surface area contributed by atoms with Crippen LogP contribution in [0.5, 0.6) is 0 Å². The van der Waals surface area contributed by atoms with Crippen molar-refractivity contribution in [3.63, 3.8) is 0 Å². The zero-order valence-electron chi connectivity index (χ0n) is 8.84. The summed E-state index contributed by atoms with van der Waals surface area (Å²) in [7, 11) is 0. The quantitative estimate of drug-likeness (QED) is 0.791. The molecule has 1 aromatic rings. The fraction of sp³-hybridized carbons (Fsp3) is 0.364. The molecule has 0 aromatic heterocycles. The van der Waals surface area contributed by atoms with E-state index in [0.717, 1.165) is 12.1 Å². The van der Waals surface area contributed by atoms with Crippen molar-refractivity contribution in [1.82, 2.24) is 0 Å². The van der Waals surface area contributed by atoms with Crippen LogP contribution in [-0.4, -0.2) is 12.5 Å². The van der Waals surface area contributed by atoms with Gasteiger partial charge in [-0.1, -0.05) is 0 Å². The molecule has 17 heavy (non-hydrogen) atoms. The molecule has 1 amide bonds. The topological polar surface area (TPSA) is 55.1 Å². The molecule has 92 valence electrons. The Morgan fingerprint density at radius 2 is 2.12 bits per heavy atom. The highest BCUT2D eigenvalue weighted by Crippen LogP contribution is 2.34. The summed E-state index contributed by atoms with van der Waals surface area (Å²) >= 11 is 0. The van der Waals surface area contributed by atoms with Gasteiger partial charge in [0.15, 0.2) is 0 Å². The molecule has 0 radical (unpaired) electrons. The Kier molecular flexibility index (Phi) is 2.73. The highest BCUT2D eigenvalue weighted by Gasteiger charge is 2.32. The molecule has 1 heterocycles. The highest BCUT2D eigenvalue weighted by molar-refractivity contribution is 5.79. The Morgan fingerprint density at radius 3 is 2.71 bits per heavy atom. The Bertz CT molecular complexity index is 457. The summed E-state index contributed by atoms with van der Waals surface area (Å²) in [5.74, 6) is -0.952. The molecule has 1 aliphatic heterocycles. The van der Waals surface area contributed by atoms with E-state index in [0.29, 0.717) is 17.8 Å². The molecule has 1 atom stereocenters. The Morgan fingerprint density at radius 1 is 1.41 bits per heavy atom. The van der Waals surface area contributed by atoms with Crippen LogP contribution in [0.4, 0.5) is 18.9 Å². The van der Waals surface area contributed by atoms with Gasteiger partial charge in [0, 0.05) is 12.2 Å². The number of carbonyl (C=O) groups is 1. The second kappa shape index (κ2) is 3.94. The molecule has 0 bridgehead atoms. The number of benzene rings is 1. The molecule has 6 heteroatoms. The fourth-order valence-corrected chi connectivity index (χ4v) is 1.88. The maximum atomic E-state index is 12.5. The van der Waals surface area contributed by atoms with Gasteiger partial charge < -0.3 is 11.1 Å². The molecule has 2 rings (SSSR count). The van der Waals surface area contributed by atoms with E-state index in [-0.39, 0.29) is 6.42 Å². The van der Waals surface area contributed by atoms with Crippen LogP contribution >= 0.6 is 0 Å². The first-order chi connectivity index (χ1) is 7.88. The van der Waals surface area contributed by atoms with Crippen molar-refractivity contribution in [3.05, 3.63) is 29.3 Å². The zero-order valence-corrected chi connectivity index (χ0v) is 8.84. The van der Waals surface area contributed by atoms with Crippen molar-refractivity contribution in [2.75, 3.05) is 11.9 Å². The first-order valence-corrected chi connectivity index (χ1v) is 5.11. The largest absolute Gasteiger partial charge is 0.416 e. The number of fused-ring (bicyclic) bond motifs is 1. The third kappa shape index (κ3) is 2.35. The maximum absolute atomic E-state index is 12.5. The van der Waals surface area contributed by atoms with Gasteiger partial charge in [-0.25, -0.2) is 0 Å². The molecule has 0 saturated heterocycles. The lowest BCUT2D eigenvalue weighted by atomic mass is 9.92. The van der Waals surface area contributed by atoms with Gasteiger partial charge in [0.25, 0.3) is 0 Å². The maximum Gasteiger partial charge on any atom is 0.416 e. The number of primary amides is 1. The van der Waals surface area contributed by atoms with E-state index >= 15 is 0 Å². The smallest absolute Gasteiger partial charge is 0.384 e. The van der Waals surface area contributed by atoms with Gasteiger partial charge in [-0.15, -0.1) is 0 Å². The molecule has 1 aliphatic rings. The molecule has 1 aromatic carbocycles. The molecule has 0 aliphatic carbocycles. The summed E-state index contributed by atoms with van der Waals surface area (Å²) < 4.78 is 37.5. The number of carbonyl (C=O) groups excluding carboxylic acids is 1. The molecule has 1 unspecified atom stereocenters. The molecule has 0 saturated carbocycles. The minimum Gasteiger partial charge on any atom is -0.384 e. The SMILES string of the molecule is NC(=O)C1CNc2ccc(C(F)(F)F)cc2C1. The number of halogens is 3. The van der Waals surface area contributed by atoms with Crippen LogP contribution in [0.1, 0.15) is 11.1 Å². The van der Waals surface area contributed by atoms with Gasteiger partial charge in [0.05, 0.1) is 11.5 Å². The van der Waals surface area contributed by atoms with Crippen LogP contribution in [0, 0.1) is 5.92 Å². The molecular formula is C11H11F3N2O. The summed E-state index contributed by atoms with van der Waals surface area (Å²) in [6, 6.07) is 3.48. The fourth-order valence-electron chi connectivity index (χ4n) is 1.88. The van der Waals surface area contributed by atoms with E-state index in [2.05, 4.69) is 5.32 Å². The van der Waals surface area contributed by atoms with Crippen LogP contribution < -0.4 is 11.1 Å². The van der Waals surface area contributed by atoms with Gasteiger partial charge in [0.2, 0.25) is 5.91 Å². The van der Waals surface area contributed by atoms with E-state index in [1.165, 1.54) is 6.07 Å². The number of rotatable bonds is 1. The van der Waals surface area contributed by atoms with Crippen LogP contribution in [-0.2, 0) is 17.4 Å². The lowest BCUT2D eigenvalue weighted by Crippen LogP contribution is -2.34. The zero-order chi connectivity index (χ0) is 12.6. The van der Waals surface area contributed by atoms with Gasteiger partial charge >= 0.3 is 6.18 Å². The molecule has 3 N–H and O–H groups in total. The molecular weight excluding hydrogens is 233 g/mol. The van der Waals surface area contributed by atoms with Crippen LogP contribution in [0.15, 0.2) is 18.2 Å². The number of nitrogens with one attached hydrogen (secondary N) is 1. The van der Waals surface area contributed by atoms with Crippen molar-refractivity contribution in [2.24, 2.45) is 11.7 Å². The monoisotopic (exact) mass is 244 g/mol. The van der Waals surface area contributed by atoms with Crippen molar-refractivity contribution in [3.8, 4) is 0 Å². The number of alkyl halides is 3. The number of hydrogen-bond acceptors (Lipinski definition) is 2. The Balaban J connectivity index is 2.32. The first kappa shape index (κ1) is 11.8. The first-order valence-electron chi connectivity index (χ1n) is 5.11. The van der Waals surface area contributed by atoms with Gasteiger partial charge in [0.1, 0.15) is 0 Å². The second-order valence-electron chi connectivity index (χ2n) is 4.05. The third-order valence-electron chi connectivity index (χ3n) is 2.84. The van der Waals surface area contributed by atoms with Gasteiger partial charge in [-0.2, -0.15) is 13.2 Å². The predicted octanol–water partition coefficient (Wildman–Crippen LogP) is 1.77. The normalized spacial score (nSPS) is 19.4. The van der Waals surface area contributed by atoms with E-state index in [9.17, 15) is 18.0 Å². The molecule has 3 nitrogen and oxygen atoms in total. The number of hydrogen-bond donors (Lipinski definition) is 2.